The quantitative estimate of drug-likeness (QED) is 0.581. The number of aryl methyl sites for hydroxylation is 3. The second-order valence-corrected chi connectivity index (χ2v) is 4.78. The lowest BCUT2D eigenvalue weighted by Gasteiger charge is -2.18. The van der Waals surface area contributed by atoms with Gasteiger partial charge in [-0.25, -0.2) is 10.8 Å². The molecule has 0 aliphatic heterocycles. The zero-order chi connectivity index (χ0) is 11.8. The Kier molecular flexibility index (Phi) is 2.48. The fraction of sp³-hybridized carbons (Fsp3) is 0.357. The molecule has 0 spiro atoms. The molecule has 3 heteroatoms. The number of benzene rings is 1. The summed E-state index contributed by atoms with van der Waals surface area (Å²) in [5.41, 5.74) is 7.78. The lowest BCUT2D eigenvalue weighted by atomic mass is 9.89. The van der Waals surface area contributed by atoms with Gasteiger partial charge >= 0.3 is 0 Å². The van der Waals surface area contributed by atoms with Crippen LogP contribution in [0.25, 0.3) is 10.9 Å². The highest BCUT2D eigenvalue weighted by Crippen LogP contribution is 2.29. The summed E-state index contributed by atoms with van der Waals surface area (Å²) >= 11 is 0. The minimum Gasteiger partial charge on any atom is -0.308 e. The molecule has 3 N–H and O–H groups in total. The highest BCUT2D eigenvalue weighted by molar-refractivity contribution is 5.85. The van der Waals surface area contributed by atoms with Gasteiger partial charge in [0.1, 0.15) is 5.82 Å². The van der Waals surface area contributed by atoms with E-state index >= 15 is 0 Å². The Bertz CT molecular complexity index is 575. The number of nitrogen functional groups attached to an aromatic ring is 1. The summed E-state index contributed by atoms with van der Waals surface area (Å²) in [4.78, 5) is 4.67. The van der Waals surface area contributed by atoms with Gasteiger partial charge in [0.05, 0.1) is 5.52 Å². The van der Waals surface area contributed by atoms with Gasteiger partial charge < -0.3 is 5.43 Å². The van der Waals surface area contributed by atoms with E-state index in [9.17, 15) is 0 Å². The molecular weight excluding hydrogens is 210 g/mol. The van der Waals surface area contributed by atoms with Gasteiger partial charge in [0.25, 0.3) is 0 Å². The van der Waals surface area contributed by atoms with E-state index in [1.54, 1.807) is 0 Å². The first kappa shape index (κ1) is 10.5. The van der Waals surface area contributed by atoms with Crippen LogP contribution < -0.4 is 11.3 Å². The fourth-order valence-corrected chi connectivity index (χ4v) is 2.72. The SMILES string of the molecule is Cc1cc2ccc3c(c2nc1NN)CCCC3. The van der Waals surface area contributed by atoms with Crippen molar-refractivity contribution in [2.75, 3.05) is 5.43 Å². The minimum absolute atomic E-state index is 0.788. The number of hydrogen-bond donors (Lipinski definition) is 2. The first-order valence-corrected chi connectivity index (χ1v) is 6.18. The first-order valence-electron chi connectivity index (χ1n) is 6.18. The van der Waals surface area contributed by atoms with Gasteiger partial charge in [-0.3, -0.25) is 0 Å². The van der Waals surface area contributed by atoms with Gasteiger partial charge in [-0.2, -0.15) is 0 Å². The highest BCUT2D eigenvalue weighted by atomic mass is 15.2. The zero-order valence-corrected chi connectivity index (χ0v) is 10.1. The fourth-order valence-electron chi connectivity index (χ4n) is 2.72. The van der Waals surface area contributed by atoms with Crippen LogP contribution in [-0.4, -0.2) is 4.98 Å². The van der Waals surface area contributed by atoms with Gasteiger partial charge in [-0.1, -0.05) is 12.1 Å². The van der Waals surface area contributed by atoms with Crippen molar-refractivity contribution < 1.29 is 0 Å². The van der Waals surface area contributed by atoms with Gasteiger partial charge in [0.2, 0.25) is 0 Å². The van der Waals surface area contributed by atoms with Crippen molar-refractivity contribution in [1.29, 1.82) is 0 Å². The number of hydrogen-bond acceptors (Lipinski definition) is 3. The number of hydrazine groups is 1. The van der Waals surface area contributed by atoms with Crippen molar-refractivity contribution in [1.82, 2.24) is 4.98 Å². The number of pyridine rings is 1. The molecule has 1 aromatic heterocycles. The third-order valence-electron chi connectivity index (χ3n) is 3.64. The Morgan fingerprint density at radius 3 is 2.88 bits per heavy atom. The Morgan fingerprint density at radius 1 is 1.24 bits per heavy atom. The van der Waals surface area contributed by atoms with Crippen molar-refractivity contribution >= 4 is 16.7 Å². The topological polar surface area (TPSA) is 50.9 Å². The van der Waals surface area contributed by atoms with Crippen molar-refractivity contribution in [3.8, 4) is 0 Å². The molecule has 0 fully saturated rings. The molecule has 2 aromatic rings. The second kappa shape index (κ2) is 4.00. The number of anilines is 1. The molecule has 0 radical (unpaired) electrons. The molecule has 17 heavy (non-hydrogen) atoms. The standard InChI is InChI=1S/C14H17N3/c1-9-8-11-7-6-10-4-2-3-5-12(10)13(11)16-14(9)17-15/h6-8H,2-5,15H2,1H3,(H,16,17). The van der Waals surface area contributed by atoms with Crippen LogP contribution in [0.15, 0.2) is 18.2 Å². The average Bonchev–Trinajstić information content (AvgIpc) is 2.37. The Morgan fingerprint density at radius 2 is 2.06 bits per heavy atom. The molecule has 0 saturated carbocycles. The Labute approximate surface area is 101 Å². The third kappa shape index (κ3) is 1.67. The van der Waals surface area contributed by atoms with Crippen molar-refractivity contribution in [3.63, 3.8) is 0 Å². The van der Waals surface area contributed by atoms with E-state index in [0.29, 0.717) is 0 Å². The summed E-state index contributed by atoms with van der Waals surface area (Å²) in [6, 6.07) is 6.60. The maximum Gasteiger partial charge on any atom is 0.143 e. The summed E-state index contributed by atoms with van der Waals surface area (Å²) in [5, 5.41) is 1.22. The molecule has 88 valence electrons. The molecule has 1 heterocycles. The summed E-state index contributed by atoms with van der Waals surface area (Å²) < 4.78 is 0. The molecule has 0 bridgehead atoms. The maximum atomic E-state index is 5.51. The molecular formula is C14H17N3. The summed E-state index contributed by atoms with van der Waals surface area (Å²) in [6.07, 6.45) is 4.90. The number of rotatable bonds is 1. The minimum atomic E-state index is 0.788. The van der Waals surface area contributed by atoms with Crippen LogP contribution in [-0.2, 0) is 12.8 Å². The highest BCUT2D eigenvalue weighted by Gasteiger charge is 2.14. The number of nitrogens with two attached hydrogens (primary N) is 1. The van der Waals surface area contributed by atoms with E-state index in [0.717, 1.165) is 23.3 Å². The van der Waals surface area contributed by atoms with Crippen LogP contribution in [0.3, 0.4) is 0 Å². The predicted octanol–water partition coefficient (Wildman–Crippen LogP) is 2.71. The molecule has 3 rings (SSSR count). The number of aromatic nitrogens is 1. The average molecular weight is 227 g/mol. The van der Waals surface area contributed by atoms with E-state index in [1.165, 1.54) is 35.8 Å². The molecule has 0 saturated heterocycles. The van der Waals surface area contributed by atoms with E-state index in [-0.39, 0.29) is 0 Å². The number of nitrogens with zero attached hydrogens (tertiary/aromatic N) is 1. The second-order valence-electron chi connectivity index (χ2n) is 4.78. The number of nitrogens with one attached hydrogen (secondary N) is 1. The first-order chi connectivity index (χ1) is 8.29. The van der Waals surface area contributed by atoms with Crippen LogP contribution in [0.2, 0.25) is 0 Å². The third-order valence-corrected chi connectivity index (χ3v) is 3.64. The van der Waals surface area contributed by atoms with Crippen LogP contribution in [0, 0.1) is 6.92 Å². The summed E-state index contributed by atoms with van der Waals surface area (Å²) in [6.45, 7) is 2.03. The molecule has 0 unspecified atom stereocenters. The predicted molar refractivity (Wildman–Crippen MR) is 70.9 cm³/mol. The van der Waals surface area contributed by atoms with Crippen LogP contribution in [0.5, 0.6) is 0 Å². The smallest absolute Gasteiger partial charge is 0.143 e. The molecule has 0 amide bonds. The van der Waals surface area contributed by atoms with Crippen LogP contribution >= 0.6 is 0 Å². The van der Waals surface area contributed by atoms with Crippen molar-refractivity contribution in [2.24, 2.45) is 5.84 Å². The van der Waals surface area contributed by atoms with Gasteiger partial charge in [0.15, 0.2) is 0 Å². The van der Waals surface area contributed by atoms with Gasteiger partial charge in [-0.05, 0) is 55.4 Å². The lowest BCUT2D eigenvalue weighted by molar-refractivity contribution is 0.689. The van der Waals surface area contributed by atoms with E-state index in [4.69, 9.17) is 5.84 Å². The van der Waals surface area contributed by atoms with Gasteiger partial charge in [0, 0.05) is 5.39 Å². The normalized spacial score (nSPS) is 14.7. The molecule has 1 aliphatic carbocycles. The maximum absolute atomic E-state index is 5.51. The molecule has 1 aliphatic rings. The van der Waals surface area contributed by atoms with Crippen LogP contribution in [0.1, 0.15) is 29.5 Å². The lowest BCUT2D eigenvalue weighted by Crippen LogP contribution is -2.11. The monoisotopic (exact) mass is 227 g/mol. The van der Waals surface area contributed by atoms with E-state index in [2.05, 4.69) is 28.6 Å². The largest absolute Gasteiger partial charge is 0.308 e. The summed E-state index contributed by atoms with van der Waals surface area (Å²) in [5.74, 6) is 6.29. The van der Waals surface area contributed by atoms with E-state index in [1.807, 2.05) is 6.92 Å². The molecule has 1 aromatic carbocycles. The molecule has 3 nitrogen and oxygen atoms in total. The Hall–Kier alpha value is -1.61. The van der Waals surface area contributed by atoms with Crippen LogP contribution in [0.4, 0.5) is 5.82 Å². The zero-order valence-electron chi connectivity index (χ0n) is 10.1. The van der Waals surface area contributed by atoms with E-state index < -0.39 is 0 Å². The van der Waals surface area contributed by atoms with Crippen molar-refractivity contribution in [2.45, 2.75) is 32.6 Å². The van der Waals surface area contributed by atoms with Crippen molar-refractivity contribution in [3.05, 3.63) is 34.9 Å². The van der Waals surface area contributed by atoms with Gasteiger partial charge in [-0.15, -0.1) is 0 Å². The Balaban J connectivity index is 2.30. The summed E-state index contributed by atoms with van der Waals surface area (Å²) in [7, 11) is 0. The molecule has 0 atom stereocenters. The number of fused-ring (bicyclic) bond motifs is 3.